The van der Waals surface area contributed by atoms with E-state index < -0.39 is 6.10 Å². The molecule has 5 nitrogen and oxygen atoms in total. The van der Waals surface area contributed by atoms with Gasteiger partial charge in [0.05, 0.1) is 18.8 Å². The minimum absolute atomic E-state index is 0.0868. The molecule has 20 heavy (non-hydrogen) atoms. The van der Waals surface area contributed by atoms with Crippen molar-refractivity contribution in [2.24, 2.45) is 0 Å². The van der Waals surface area contributed by atoms with Crippen molar-refractivity contribution in [3.05, 3.63) is 35.9 Å². The quantitative estimate of drug-likeness (QED) is 0.611. The smallest absolute Gasteiger partial charge is 0.237 e. The number of piperidine rings is 1. The summed E-state index contributed by atoms with van der Waals surface area (Å²) in [5.74, 6) is 0.272. The zero-order valence-corrected chi connectivity index (χ0v) is 11.5. The van der Waals surface area contributed by atoms with Crippen molar-refractivity contribution in [1.29, 1.82) is 0 Å². The molecule has 1 amide bonds. The minimum Gasteiger partial charge on any atom is -0.394 e. The lowest BCUT2D eigenvalue weighted by molar-refractivity contribution is -0.124. The number of hydrogen-bond donors (Lipinski definition) is 4. The fraction of sp³-hybridized carbons (Fsp3) is 0.533. The summed E-state index contributed by atoms with van der Waals surface area (Å²) in [5.41, 5.74) is 1.27. The number of carbonyl (C=O) groups is 1. The number of rotatable bonds is 5. The summed E-state index contributed by atoms with van der Waals surface area (Å²) in [6.45, 7) is 0.550. The topological polar surface area (TPSA) is 81.6 Å². The molecule has 0 radical (unpaired) electrons. The Morgan fingerprint density at radius 2 is 2.15 bits per heavy atom. The maximum absolute atomic E-state index is 12.0. The third-order valence-corrected chi connectivity index (χ3v) is 3.71. The monoisotopic (exact) mass is 278 g/mol. The molecule has 2 rings (SSSR count). The Balaban J connectivity index is 1.88. The first kappa shape index (κ1) is 15.0. The van der Waals surface area contributed by atoms with Gasteiger partial charge >= 0.3 is 0 Å². The first-order chi connectivity index (χ1) is 9.70. The lowest BCUT2D eigenvalue weighted by Crippen LogP contribution is -2.49. The Morgan fingerprint density at radius 1 is 1.40 bits per heavy atom. The highest BCUT2D eigenvalue weighted by Gasteiger charge is 2.27. The molecule has 0 saturated carbocycles. The predicted molar refractivity (Wildman–Crippen MR) is 76.3 cm³/mol. The summed E-state index contributed by atoms with van der Waals surface area (Å²) in [7, 11) is 0. The van der Waals surface area contributed by atoms with Crippen LogP contribution in [0, 0.1) is 0 Å². The van der Waals surface area contributed by atoms with Gasteiger partial charge < -0.3 is 20.8 Å². The average Bonchev–Trinajstić information content (AvgIpc) is 2.53. The molecule has 2 unspecified atom stereocenters. The summed E-state index contributed by atoms with van der Waals surface area (Å²) in [5, 5.41) is 23.8. The van der Waals surface area contributed by atoms with Crippen LogP contribution in [0.2, 0.25) is 0 Å². The Morgan fingerprint density at radius 3 is 2.85 bits per heavy atom. The van der Waals surface area contributed by atoms with E-state index in [-0.39, 0.29) is 25.1 Å². The highest BCUT2D eigenvalue weighted by atomic mass is 16.3. The van der Waals surface area contributed by atoms with Gasteiger partial charge in [-0.1, -0.05) is 30.3 Å². The van der Waals surface area contributed by atoms with E-state index in [9.17, 15) is 9.90 Å². The van der Waals surface area contributed by atoms with E-state index in [1.807, 2.05) is 18.2 Å². The molecular weight excluding hydrogens is 256 g/mol. The molecule has 1 aliphatic heterocycles. The van der Waals surface area contributed by atoms with Crippen molar-refractivity contribution in [2.75, 3.05) is 19.7 Å². The molecule has 5 heteroatoms. The van der Waals surface area contributed by atoms with Gasteiger partial charge in [0.25, 0.3) is 0 Å². The van der Waals surface area contributed by atoms with Crippen LogP contribution in [0.25, 0.3) is 0 Å². The summed E-state index contributed by atoms with van der Waals surface area (Å²) in [6.07, 6.45) is 0.880. The number of benzene rings is 1. The van der Waals surface area contributed by atoms with E-state index in [0.717, 1.165) is 19.4 Å². The Hall–Kier alpha value is -1.43. The lowest BCUT2D eigenvalue weighted by Gasteiger charge is -2.30. The Kier molecular flexibility index (Phi) is 5.52. The van der Waals surface area contributed by atoms with Crippen molar-refractivity contribution < 1.29 is 15.0 Å². The second-order valence-electron chi connectivity index (χ2n) is 5.22. The number of amides is 1. The molecule has 3 atom stereocenters. The van der Waals surface area contributed by atoms with Crippen molar-refractivity contribution in [3.63, 3.8) is 0 Å². The van der Waals surface area contributed by atoms with Crippen molar-refractivity contribution in [3.8, 4) is 0 Å². The summed E-state index contributed by atoms with van der Waals surface area (Å²) in [6, 6.07) is 9.99. The number of aliphatic hydroxyl groups excluding tert-OH is 2. The Bertz CT molecular complexity index is 424. The average molecular weight is 278 g/mol. The molecule has 1 aromatic carbocycles. The number of nitrogens with one attached hydrogen (secondary N) is 2. The van der Waals surface area contributed by atoms with Gasteiger partial charge in [-0.3, -0.25) is 4.79 Å². The molecule has 1 fully saturated rings. The Labute approximate surface area is 119 Å². The standard InChI is InChI=1S/C15H22N2O3/c18-10-13(19)9-17-15(20)14-8-12(6-7-16-14)11-4-2-1-3-5-11/h1-5,12-14,16,18-19H,6-10H2,(H,17,20)/t12?,13-,14?/m0/s1. The molecule has 1 aliphatic rings. The van der Waals surface area contributed by atoms with Gasteiger partial charge in [-0.2, -0.15) is 0 Å². The van der Waals surface area contributed by atoms with Gasteiger partial charge in [0.2, 0.25) is 5.91 Å². The molecule has 0 bridgehead atoms. The number of aliphatic hydroxyl groups is 2. The summed E-state index contributed by atoms with van der Waals surface area (Å²) >= 11 is 0. The highest BCUT2D eigenvalue weighted by molar-refractivity contribution is 5.82. The van der Waals surface area contributed by atoms with Gasteiger partial charge in [0.15, 0.2) is 0 Å². The molecule has 110 valence electrons. The highest BCUT2D eigenvalue weighted by Crippen LogP contribution is 2.27. The van der Waals surface area contributed by atoms with Gasteiger partial charge in [-0.05, 0) is 30.9 Å². The maximum atomic E-state index is 12.0. The first-order valence-corrected chi connectivity index (χ1v) is 7.05. The van der Waals surface area contributed by atoms with E-state index >= 15 is 0 Å². The van der Waals surface area contributed by atoms with Gasteiger partial charge in [0, 0.05) is 6.54 Å². The van der Waals surface area contributed by atoms with Crippen LogP contribution >= 0.6 is 0 Å². The van der Waals surface area contributed by atoms with Crippen LogP contribution in [-0.2, 0) is 4.79 Å². The maximum Gasteiger partial charge on any atom is 0.237 e. The van der Waals surface area contributed by atoms with Crippen LogP contribution in [0.5, 0.6) is 0 Å². The van der Waals surface area contributed by atoms with Crippen LogP contribution in [0.4, 0.5) is 0 Å². The molecule has 1 aromatic rings. The zero-order chi connectivity index (χ0) is 14.4. The number of carbonyl (C=O) groups excluding carboxylic acids is 1. The fourth-order valence-corrected chi connectivity index (χ4v) is 2.55. The van der Waals surface area contributed by atoms with Crippen LogP contribution in [0.3, 0.4) is 0 Å². The molecule has 0 aliphatic carbocycles. The summed E-state index contributed by atoms with van der Waals surface area (Å²) in [4.78, 5) is 12.0. The molecule has 1 saturated heterocycles. The van der Waals surface area contributed by atoms with Crippen LogP contribution < -0.4 is 10.6 Å². The first-order valence-electron chi connectivity index (χ1n) is 7.05. The molecular formula is C15H22N2O3. The van der Waals surface area contributed by atoms with Crippen LogP contribution in [-0.4, -0.2) is 48.0 Å². The van der Waals surface area contributed by atoms with Gasteiger partial charge in [-0.25, -0.2) is 0 Å². The van der Waals surface area contributed by atoms with E-state index in [1.54, 1.807) is 0 Å². The van der Waals surface area contributed by atoms with E-state index in [4.69, 9.17) is 5.11 Å². The van der Waals surface area contributed by atoms with E-state index in [2.05, 4.69) is 22.8 Å². The summed E-state index contributed by atoms with van der Waals surface area (Å²) < 4.78 is 0. The largest absolute Gasteiger partial charge is 0.394 e. The molecule has 0 aromatic heterocycles. The molecule has 1 heterocycles. The van der Waals surface area contributed by atoms with Gasteiger partial charge in [-0.15, -0.1) is 0 Å². The lowest BCUT2D eigenvalue weighted by atomic mass is 9.86. The third kappa shape index (κ3) is 4.03. The normalized spacial score (nSPS) is 24.1. The minimum atomic E-state index is -0.896. The van der Waals surface area contributed by atoms with Crippen LogP contribution in [0.15, 0.2) is 30.3 Å². The van der Waals surface area contributed by atoms with Crippen LogP contribution in [0.1, 0.15) is 24.3 Å². The van der Waals surface area contributed by atoms with Crippen molar-refractivity contribution in [2.45, 2.75) is 30.9 Å². The third-order valence-electron chi connectivity index (χ3n) is 3.71. The van der Waals surface area contributed by atoms with Gasteiger partial charge in [0.1, 0.15) is 0 Å². The van der Waals surface area contributed by atoms with Crippen molar-refractivity contribution in [1.82, 2.24) is 10.6 Å². The number of hydrogen-bond acceptors (Lipinski definition) is 4. The van der Waals surface area contributed by atoms with Crippen molar-refractivity contribution >= 4 is 5.91 Å². The SMILES string of the molecule is O=C(NC[C@H](O)CO)C1CC(c2ccccc2)CCN1. The predicted octanol–water partition coefficient (Wildman–Crippen LogP) is -0.00840. The van der Waals surface area contributed by atoms with E-state index in [1.165, 1.54) is 5.56 Å². The molecule has 0 spiro atoms. The zero-order valence-electron chi connectivity index (χ0n) is 11.5. The second kappa shape index (κ2) is 7.38. The van der Waals surface area contributed by atoms with E-state index in [0.29, 0.717) is 5.92 Å². The second-order valence-corrected chi connectivity index (χ2v) is 5.22. The fourth-order valence-electron chi connectivity index (χ4n) is 2.55. The molecule has 4 N–H and O–H groups in total.